The maximum atomic E-state index is 14.4. The van der Waals surface area contributed by atoms with E-state index in [0.29, 0.717) is 69.1 Å². The molecule has 1 amide bonds. The van der Waals surface area contributed by atoms with Crippen molar-refractivity contribution in [2.24, 2.45) is 35.5 Å². The number of hydrogen-bond acceptors (Lipinski definition) is 13. The van der Waals surface area contributed by atoms with E-state index in [0.717, 1.165) is 12.0 Å². The summed E-state index contributed by atoms with van der Waals surface area (Å²) in [6, 6.07) is 2.52. The van der Waals surface area contributed by atoms with Crippen molar-refractivity contribution in [3.8, 4) is 0 Å². The number of cyclic esters (lactones) is 1. The van der Waals surface area contributed by atoms with Gasteiger partial charge in [0.15, 0.2) is 5.78 Å². The quantitative estimate of drug-likeness (QED) is 0.144. The number of ketones is 3. The molecule has 3 unspecified atom stereocenters. The van der Waals surface area contributed by atoms with Crippen molar-refractivity contribution in [3.05, 3.63) is 71.8 Å². The van der Waals surface area contributed by atoms with E-state index in [9.17, 15) is 39.3 Å². The van der Waals surface area contributed by atoms with Crippen LogP contribution < -0.4 is 0 Å². The Bertz CT molecular complexity index is 1990. The largest absolute Gasteiger partial charge is 0.469 e. The number of carbonyl (C=O) groups is 5. The van der Waals surface area contributed by atoms with Crippen LogP contribution in [0.2, 0.25) is 0 Å². The van der Waals surface area contributed by atoms with Crippen LogP contribution in [0.25, 0.3) is 0 Å². The standard InChI is InChI=1S/C54H79NO13/c1-32-16-11-10-12-17-33(2)41(45-19-15-25-66-45)30-40-22-20-38(7)54(63,68-40)51(60)52(61)55-24-14-13-18-42(55)53(62)67-46(35(4)28-39-21-23-43(56)47(29-39)64-8)31-44(57)34(3)27-37(6)49(59)50(65-9)48(58)36(5)26-32/h10-12,15-17,19,25,27,32,34-36,38-43,46-47,49-50,56,59,63H,13-14,18,20-24,26,28-31H2,1-9H3/b12-10+,16-11+,33-17+,37-27+/t32-,34-,35-,36-,38?,39+,40?,41+,42?,43-,46+,47-,49-,50+,54-/m1/s1. The van der Waals surface area contributed by atoms with Gasteiger partial charge in [-0.3, -0.25) is 19.2 Å². The van der Waals surface area contributed by atoms with E-state index < -0.39 is 77.8 Å². The van der Waals surface area contributed by atoms with Crippen molar-refractivity contribution < 1.29 is 62.7 Å². The zero-order valence-electron chi connectivity index (χ0n) is 41.8. The van der Waals surface area contributed by atoms with Crippen molar-refractivity contribution in [3.63, 3.8) is 0 Å². The molecule has 0 radical (unpaired) electrons. The molecule has 14 nitrogen and oxygen atoms in total. The Morgan fingerprint density at radius 3 is 2.32 bits per heavy atom. The van der Waals surface area contributed by atoms with E-state index in [4.69, 9.17) is 23.4 Å². The molecule has 1 aromatic heterocycles. The number of methoxy groups -OCH3 is 2. The zero-order chi connectivity index (χ0) is 49.9. The van der Waals surface area contributed by atoms with Crippen LogP contribution in [0.4, 0.5) is 0 Å². The topological polar surface area (TPSA) is 199 Å². The second-order valence-corrected chi connectivity index (χ2v) is 20.4. The average molecular weight is 950 g/mol. The second kappa shape index (κ2) is 25.2. The third kappa shape index (κ3) is 13.8. The van der Waals surface area contributed by atoms with Crippen LogP contribution in [0, 0.1) is 35.5 Å². The van der Waals surface area contributed by atoms with Gasteiger partial charge in [0.2, 0.25) is 5.79 Å². The first-order valence-electron chi connectivity index (χ1n) is 25.0. The molecular weight excluding hydrogens is 871 g/mol. The summed E-state index contributed by atoms with van der Waals surface area (Å²) in [4.78, 5) is 72.3. The molecule has 1 aromatic rings. The second-order valence-electron chi connectivity index (χ2n) is 20.4. The number of furan rings is 1. The summed E-state index contributed by atoms with van der Waals surface area (Å²) in [5.74, 6) is -7.63. The van der Waals surface area contributed by atoms with Gasteiger partial charge in [-0.05, 0) is 120 Å². The molecule has 3 fully saturated rings. The molecule has 3 N–H and O–H groups in total. The van der Waals surface area contributed by atoms with Gasteiger partial charge in [0.1, 0.15) is 35.9 Å². The molecule has 4 aliphatic rings. The highest BCUT2D eigenvalue weighted by molar-refractivity contribution is 6.39. The lowest BCUT2D eigenvalue weighted by atomic mass is 9.78. The van der Waals surface area contributed by atoms with Gasteiger partial charge in [0.05, 0.1) is 24.6 Å². The molecule has 2 bridgehead atoms. The fraction of sp³-hybridized carbons (Fsp3) is 0.685. The number of piperidine rings is 1. The molecule has 15 atom stereocenters. The Morgan fingerprint density at radius 1 is 0.882 bits per heavy atom. The summed E-state index contributed by atoms with van der Waals surface area (Å²) in [7, 11) is 2.95. The number of rotatable bonds is 6. The first kappa shape index (κ1) is 54.9. The number of ether oxygens (including phenoxy) is 4. The lowest BCUT2D eigenvalue weighted by molar-refractivity contribution is -0.264. The van der Waals surface area contributed by atoms with Crippen molar-refractivity contribution in [2.45, 2.75) is 180 Å². The molecule has 5 rings (SSSR count). The molecule has 0 aromatic carbocycles. The molecule has 0 spiro atoms. The molecule has 68 heavy (non-hydrogen) atoms. The minimum atomic E-state index is -2.45. The highest BCUT2D eigenvalue weighted by atomic mass is 16.6. The molecule has 14 heteroatoms. The van der Waals surface area contributed by atoms with Crippen LogP contribution >= 0.6 is 0 Å². The van der Waals surface area contributed by atoms with Crippen molar-refractivity contribution >= 4 is 29.2 Å². The Morgan fingerprint density at radius 2 is 1.63 bits per heavy atom. The molecule has 1 aliphatic carbocycles. The normalized spacial score (nSPS) is 39.1. The van der Waals surface area contributed by atoms with E-state index in [-0.39, 0.29) is 60.7 Å². The van der Waals surface area contributed by atoms with Gasteiger partial charge in [0, 0.05) is 50.9 Å². The number of esters is 1. The summed E-state index contributed by atoms with van der Waals surface area (Å²) >= 11 is 0. The fourth-order valence-electron chi connectivity index (χ4n) is 10.7. The number of carbonyl (C=O) groups excluding carboxylic acids is 5. The van der Waals surface area contributed by atoms with Crippen LogP contribution in [0.3, 0.4) is 0 Å². The molecular formula is C54H79NO13. The first-order chi connectivity index (χ1) is 32.3. The number of hydrogen-bond donors (Lipinski definition) is 3. The number of allylic oxidation sites excluding steroid dienone is 7. The van der Waals surface area contributed by atoms with Gasteiger partial charge in [-0.1, -0.05) is 76.6 Å². The number of aliphatic hydroxyl groups excluding tert-OH is 2. The SMILES string of the molecule is CO[C@@H]1C[C@H](C[C@@H](C)[C@@H]2CC(=O)[C@H](C)/C=C(\C)[C@@H](O)[C@@H](OC)C(=O)[C@H](C)C[C@H](C)/C=C/C=C/C=C(\C)[C@@H](c3ccco3)CC3CCC(C)[C@@](O)(O3)C(=O)C(=O)N3CCCCC3C(=O)O2)CC[C@H]1O. The van der Waals surface area contributed by atoms with E-state index in [1.807, 2.05) is 64.1 Å². The van der Waals surface area contributed by atoms with E-state index in [1.54, 1.807) is 46.3 Å². The minimum Gasteiger partial charge on any atom is -0.469 e. The van der Waals surface area contributed by atoms with E-state index in [2.05, 4.69) is 0 Å². The summed E-state index contributed by atoms with van der Waals surface area (Å²) in [6.07, 6.45) is 13.3. The van der Waals surface area contributed by atoms with Crippen LogP contribution in [-0.4, -0.2) is 119 Å². The van der Waals surface area contributed by atoms with Gasteiger partial charge < -0.3 is 43.6 Å². The summed E-state index contributed by atoms with van der Waals surface area (Å²) in [5.41, 5.74) is 1.33. The fourth-order valence-corrected chi connectivity index (χ4v) is 10.7. The molecule has 3 aliphatic heterocycles. The highest BCUT2D eigenvalue weighted by Crippen LogP contribution is 2.40. The number of aliphatic hydroxyl groups is 3. The van der Waals surface area contributed by atoms with Crippen molar-refractivity contribution in [2.75, 3.05) is 20.8 Å². The van der Waals surface area contributed by atoms with Crippen LogP contribution in [0.1, 0.15) is 137 Å². The van der Waals surface area contributed by atoms with Gasteiger partial charge in [0.25, 0.3) is 11.7 Å². The number of nitrogens with zero attached hydrogens (tertiary/aromatic N) is 1. The predicted octanol–water partition coefficient (Wildman–Crippen LogP) is 7.54. The summed E-state index contributed by atoms with van der Waals surface area (Å²) in [5, 5.41) is 34.1. The number of fused-ring (bicyclic) bond motifs is 3. The molecule has 2 saturated heterocycles. The highest BCUT2D eigenvalue weighted by Gasteiger charge is 2.53. The molecule has 1 saturated carbocycles. The van der Waals surface area contributed by atoms with Crippen LogP contribution in [0.15, 0.2) is 70.4 Å². The number of Topliss-reactive ketones (excluding diaryl/α,β-unsaturated/α-hetero) is 3. The van der Waals surface area contributed by atoms with Gasteiger partial charge >= 0.3 is 5.97 Å². The van der Waals surface area contributed by atoms with Crippen molar-refractivity contribution in [1.29, 1.82) is 0 Å². The Balaban J connectivity index is 1.49. The maximum absolute atomic E-state index is 14.4. The third-order valence-corrected chi connectivity index (χ3v) is 15.1. The Hall–Kier alpha value is -4.05. The lowest BCUT2D eigenvalue weighted by Gasteiger charge is -2.42. The monoisotopic (exact) mass is 950 g/mol. The third-order valence-electron chi connectivity index (χ3n) is 15.1. The van der Waals surface area contributed by atoms with Crippen LogP contribution in [-0.2, 0) is 42.9 Å². The minimum absolute atomic E-state index is 0.00926. The smallest absolute Gasteiger partial charge is 0.329 e. The molecule has 4 heterocycles. The maximum Gasteiger partial charge on any atom is 0.329 e. The Kier molecular flexibility index (Phi) is 20.3. The predicted molar refractivity (Wildman–Crippen MR) is 256 cm³/mol. The van der Waals surface area contributed by atoms with E-state index >= 15 is 0 Å². The lowest BCUT2D eigenvalue weighted by Crippen LogP contribution is -2.60. The molecule has 378 valence electrons. The van der Waals surface area contributed by atoms with Gasteiger partial charge in [-0.2, -0.15) is 0 Å². The van der Waals surface area contributed by atoms with Crippen molar-refractivity contribution in [1.82, 2.24) is 4.90 Å². The van der Waals surface area contributed by atoms with E-state index in [1.165, 1.54) is 12.0 Å². The zero-order valence-corrected chi connectivity index (χ0v) is 41.8. The van der Waals surface area contributed by atoms with Gasteiger partial charge in [-0.25, -0.2) is 4.79 Å². The summed E-state index contributed by atoms with van der Waals surface area (Å²) < 4.78 is 29.6. The first-order valence-corrected chi connectivity index (χ1v) is 25.0. The summed E-state index contributed by atoms with van der Waals surface area (Å²) in [6.45, 7) is 12.8. The Labute approximate surface area is 403 Å². The number of amides is 1. The van der Waals surface area contributed by atoms with Gasteiger partial charge in [-0.15, -0.1) is 0 Å². The van der Waals surface area contributed by atoms with Crippen LogP contribution in [0.5, 0.6) is 0 Å². The average Bonchev–Trinajstić information content (AvgIpc) is 3.86.